The Morgan fingerprint density at radius 3 is 2.42 bits per heavy atom. The number of ether oxygens (including phenoxy) is 1. The zero-order valence-electron chi connectivity index (χ0n) is 22.6. The standard InChI is InChI=1S/C29H35N3O7S/c1-2-3-11-24(27(34)29-31-23-12-7-8-13-25(23)39-29)30-28(35)22(18-26(33)32-14-16-38-17-15-32)20-40(36,37)19-21-9-5-4-6-10-21/h4-10,12-13,22,24H,2-3,11,14-20H2,1H3,(H,30,35). The Morgan fingerprint density at radius 2 is 1.73 bits per heavy atom. The number of para-hydroxylation sites is 2. The molecule has 40 heavy (non-hydrogen) atoms. The highest BCUT2D eigenvalue weighted by Crippen LogP contribution is 2.19. The maximum absolute atomic E-state index is 13.6. The Bertz CT molecular complexity index is 1380. The predicted octanol–water partition coefficient (Wildman–Crippen LogP) is 3.17. The van der Waals surface area contributed by atoms with Gasteiger partial charge in [0.05, 0.1) is 36.7 Å². The Morgan fingerprint density at radius 1 is 1.02 bits per heavy atom. The van der Waals surface area contributed by atoms with E-state index in [4.69, 9.17) is 9.15 Å². The highest BCUT2D eigenvalue weighted by molar-refractivity contribution is 7.90. The van der Waals surface area contributed by atoms with Crippen LogP contribution in [0.4, 0.5) is 0 Å². The number of aromatic nitrogens is 1. The number of nitrogens with zero attached hydrogens (tertiary/aromatic N) is 2. The first-order valence-corrected chi connectivity index (χ1v) is 15.4. The van der Waals surface area contributed by atoms with Crippen LogP contribution in [0.2, 0.25) is 0 Å². The lowest BCUT2D eigenvalue weighted by Gasteiger charge is -2.28. The first kappa shape index (κ1) is 29.4. The molecule has 0 saturated carbocycles. The van der Waals surface area contributed by atoms with E-state index in [1.165, 1.54) is 0 Å². The van der Waals surface area contributed by atoms with E-state index in [1.807, 2.05) is 6.92 Å². The van der Waals surface area contributed by atoms with Crippen molar-refractivity contribution in [2.24, 2.45) is 5.92 Å². The fourth-order valence-electron chi connectivity index (χ4n) is 4.67. The molecule has 1 aliphatic rings. The fraction of sp³-hybridized carbons (Fsp3) is 0.448. The van der Waals surface area contributed by atoms with Crippen molar-refractivity contribution in [3.8, 4) is 0 Å². The van der Waals surface area contributed by atoms with Crippen LogP contribution >= 0.6 is 0 Å². The maximum Gasteiger partial charge on any atom is 0.266 e. The number of unbranched alkanes of at least 4 members (excludes halogenated alkanes) is 1. The summed E-state index contributed by atoms with van der Waals surface area (Å²) in [5.74, 6) is -3.57. The maximum atomic E-state index is 13.6. The average Bonchev–Trinajstić information content (AvgIpc) is 3.39. The van der Waals surface area contributed by atoms with Gasteiger partial charge in [0, 0.05) is 19.5 Å². The number of oxazole rings is 1. The van der Waals surface area contributed by atoms with Gasteiger partial charge in [0.1, 0.15) is 5.52 Å². The van der Waals surface area contributed by atoms with Gasteiger partial charge in [0.25, 0.3) is 5.89 Å². The number of nitrogens with one attached hydrogen (secondary N) is 1. The predicted molar refractivity (Wildman–Crippen MR) is 149 cm³/mol. The van der Waals surface area contributed by atoms with Gasteiger partial charge < -0.3 is 19.4 Å². The Balaban J connectivity index is 1.54. The zero-order chi connectivity index (χ0) is 28.5. The third-order valence-electron chi connectivity index (χ3n) is 6.82. The summed E-state index contributed by atoms with van der Waals surface area (Å²) in [5.41, 5.74) is 1.56. The highest BCUT2D eigenvalue weighted by Gasteiger charge is 2.34. The summed E-state index contributed by atoms with van der Waals surface area (Å²) in [6.07, 6.45) is 1.44. The molecule has 214 valence electrons. The summed E-state index contributed by atoms with van der Waals surface area (Å²) < 4.78 is 37.3. The number of amides is 2. The lowest BCUT2D eigenvalue weighted by Crippen LogP contribution is -2.47. The molecule has 4 rings (SSSR count). The normalized spacial score (nSPS) is 15.5. The molecule has 2 atom stereocenters. The number of hydrogen-bond acceptors (Lipinski definition) is 8. The van der Waals surface area contributed by atoms with Gasteiger partial charge in [-0.1, -0.05) is 62.2 Å². The van der Waals surface area contributed by atoms with E-state index in [-0.39, 0.29) is 24.0 Å². The second kappa shape index (κ2) is 13.7. The molecule has 0 bridgehead atoms. The van der Waals surface area contributed by atoms with Crippen molar-refractivity contribution in [1.29, 1.82) is 0 Å². The quantitative estimate of drug-likeness (QED) is 0.310. The van der Waals surface area contributed by atoms with Crippen molar-refractivity contribution in [2.75, 3.05) is 32.1 Å². The number of Topliss-reactive ketones (excluding diaryl/α,β-unsaturated/α-hetero) is 1. The molecule has 0 radical (unpaired) electrons. The molecule has 10 nitrogen and oxygen atoms in total. The Labute approximate surface area is 234 Å². The van der Waals surface area contributed by atoms with Gasteiger partial charge in [-0.25, -0.2) is 13.4 Å². The summed E-state index contributed by atoms with van der Waals surface area (Å²) in [5, 5.41) is 2.74. The minimum Gasteiger partial charge on any atom is -0.434 e. The molecule has 1 saturated heterocycles. The van der Waals surface area contributed by atoms with Crippen molar-refractivity contribution in [3.63, 3.8) is 0 Å². The molecule has 3 aromatic rings. The van der Waals surface area contributed by atoms with Gasteiger partial charge in [0.15, 0.2) is 15.4 Å². The molecule has 2 heterocycles. The second-order valence-corrected chi connectivity index (χ2v) is 12.1. The van der Waals surface area contributed by atoms with Gasteiger partial charge in [-0.3, -0.25) is 14.4 Å². The van der Waals surface area contributed by atoms with E-state index in [0.29, 0.717) is 55.8 Å². The Kier molecular flexibility index (Phi) is 10.1. The summed E-state index contributed by atoms with van der Waals surface area (Å²) in [4.78, 5) is 45.9. The minimum absolute atomic E-state index is 0.125. The van der Waals surface area contributed by atoms with Crippen LogP contribution in [0.1, 0.15) is 48.9 Å². The number of fused-ring (bicyclic) bond motifs is 1. The summed E-state index contributed by atoms with van der Waals surface area (Å²) in [6.45, 7) is 3.47. The molecule has 11 heteroatoms. The smallest absolute Gasteiger partial charge is 0.266 e. The summed E-state index contributed by atoms with van der Waals surface area (Å²) in [7, 11) is -3.77. The molecule has 0 spiro atoms. The van der Waals surface area contributed by atoms with E-state index < -0.39 is 39.2 Å². The SMILES string of the molecule is CCCCC(NC(=O)C(CC(=O)N1CCOCC1)CS(=O)(=O)Cc1ccccc1)C(=O)c1nc2ccccc2o1. The van der Waals surface area contributed by atoms with E-state index in [2.05, 4.69) is 10.3 Å². The summed E-state index contributed by atoms with van der Waals surface area (Å²) in [6, 6.07) is 14.7. The van der Waals surface area contributed by atoms with Crippen molar-refractivity contribution < 1.29 is 32.0 Å². The molecule has 2 aromatic carbocycles. The van der Waals surface area contributed by atoms with Gasteiger partial charge >= 0.3 is 0 Å². The van der Waals surface area contributed by atoms with Crippen molar-refractivity contribution in [1.82, 2.24) is 15.2 Å². The Hall–Kier alpha value is -3.57. The molecule has 0 aliphatic carbocycles. The molecule has 1 aliphatic heterocycles. The first-order chi connectivity index (χ1) is 19.3. The third-order valence-corrected chi connectivity index (χ3v) is 8.51. The molecule has 2 unspecified atom stereocenters. The van der Waals surface area contributed by atoms with Gasteiger partial charge in [0.2, 0.25) is 17.6 Å². The molecule has 1 fully saturated rings. The van der Waals surface area contributed by atoms with Crippen LogP contribution in [0.5, 0.6) is 0 Å². The van der Waals surface area contributed by atoms with E-state index in [0.717, 1.165) is 6.42 Å². The van der Waals surface area contributed by atoms with Crippen molar-refractivity contribution in [2.45, 2.75) is 44.4 Å². The lowest BCUT2D eigenvalue weighted by atomic mass is 10.0. The van der Waals surface area contributed by atoms with Crippen LogP contribution in [0.25, 0.3) is 11.1 Å². The van der Waals surface area contributed by atoms with Crippen LogP contribution < -0.4 is 5.32 Å². The molecule has 1 aromatic heterocycles. The topological polar surface area (TPSA) is 136 Å². The number of carbonyl (C=O) groups excluding carboxylic acids is 3. The van der Waals surface area contributed by atoms with Gasteiger partial charge in [-0.2, -0.15) is 0 Å². The number of sulfone groups is 1. The molecule has 1 N–H and O–H groups in total. The van der Waals surface area contributed by atoms with Crippen molar-refractivity contribution >= 4 is 38.5 Å². The number of carbonyl (C=O) groups is 3. The van der Waals surface area contributed by atoms with E-state index in [9.17, 15) is 22.8 Å². The molecular weight excluding hydrogens is 534 g/mol. The molecule has 2 amide bonds. The van der Waals surface area contributed by atoms with Crippen LogP contribution in [0, 0.1) is 5.92 Å². The van der Waals surface area contributed by atoms with Crippen LogP contribution in [0.15, 0.2) is 59.0 Å². The number of ketones is 1. The summed E-state index contributed by atoms with van der Waals surface area (Å²) >= 11 is 0. The lowest BCUT2D eigenvalue weighted by molar-refractivity contribution is -0.139. The van der Waals surface area contributed by atoms with Crippen LogP contribution in [-0.2, 0) is 29.9 Å². The molecular formula is C29H35N3O7S. The fourth-order valence-corrected chi connectivity index (χ4v) is 6.37. The van der Waals surface area contributed by atoms with Crippen LogP contribution in [0.3, 0.4) is 0 Å². The number of morpholine rings is 1. The highest BCUT2D eigenvalue weighted by atomic mass is 32.2. The minimum atomic E-state index is -3.77. The third kappa shape index (κ3) is 7.98. The van der Waals surface area contributed by atoms with E-state index in [1.54, 1.807) is 59.5 Å². The number of rotatable bonds is 13. The zero-order valence-corrected chi connectivity index (χ0v) is 23.4. The van der Waals surface area contributed by atoms with Gasteiger partial charge in [-0.15, -0.1) is 0 Å². The van der Waals surface area contributed by atoms with Crippen molar-refractivity contribution in [3.05, 3.63) is 66.1 Å². The largest absolute Gasteiger partial charge is 0.434 e. The monoisotopic (exact) mass is 569 g/mol. The van der Waals surface area contributed by atoms with Gasteiger partial charge in [-0.05, 0) is 24.1 Å². The number of benzene rings is 2. The van der Waals surface area contributed by atoms with E-state index >= 15 is 0 Å². The van der Waals surface area contributed by atoms with Crippen LogP contribution in [-0.4, -0.2) is 74.0 Å². The number of hydrogen-bond donors (Lipinski definition) is 1. The average molecular weight is 570 g/mol. The first-order valence-electron chi connectivity index (χ1n) is 13.6. The second-order valence-electron chi connectivity index (χ2n) is 9.99.